The molecular weight excluding hydrogens is 258 g/mol. The van der Waals surface area contributed by atoms with Gasteiger partial charge in [-0.3, -0.25) is 4.90 Å². The number of benzene rings is 1. The minimum atomic E-state index is 0.355. The van der Waals surface area contributed by atoms with E-state index in [9.17, 15) is 5.11 Å². The van der Waals surface area contributed by atoms with Crippen molar-refractivity contribution in [2.24, 2.45) is 5.92 Å². The van der Waals surface area contributed by atoms with Crippen LogP contribution in [0.2, 0.25) is 0 Å². The molecule has 2 rings (SSSR count). The third-order valence-corrected chi connectivity index (χ3v) is 4.84. The highest BCUT2D eigenvalue weighted by Crippen LogP contribution is 2.36. The maximum Gasteiger partial charge on any atom is 0.120 e. The predicted molar refractivity (Wildman–Crippen MR) is 89.6 cm³/mol. The quantitative estimate of drug-likeness (QED) is 0.751. The van der Waals surface area contributed by atoms with E-state index in [2.05, 4.69) is 31.7 Å². The maximum absolute atomic E-state index is 10.3. The Morgan fingerprint density at radius 1 is 1.19 bits per heavy atom. The molecule has 0 amide bonds. The number of para-hydroxylation sites is 1. The van der Waals surface area contributed by atoms with E-state index in [-0.39, 0.29) is 0 Å². The summed E-state index contributed by atoms with van der Waals surface area (Å²) in [5.41, 5.74) is 1.11. The molecule has 1 unspecified atom stereocenters. The number of nitrogens with zero attached hydrogens (tertiary/aromatic N) is 1. The Morgan fingerprint density at radius 2 is 1.86 bits per heavy atom. The van der Waals surface area contributed by atoms with Crippen LogP contribution >= 0.6 is 0 Å². The van der Waals surface area contributed by atoms with Crippen molar-refractivity contribution in [2.45, 2.75) is 71.4 Å². The van der Waals surface area contributed by atoms with Crippen LogP contribution in [0.5, 0.6) is 5.75 Å². The van der Waals surface area contributed by atoms with Gasteiger partial charge < -0.3 is 5.11 Å². The molecule has 0 bridgehead atoms. The minimum Gasteiger partial charge on any atom is -0.508 e. The number of aromatic hydroxyl groups is 1. The summed E-state index contributed by atoms with van der Waals surface area (Å²) < 4.78 is 0. The summed E-state index contributed by atoms with van der Waals surface area (Å²) >= 11 is 0. The van der Waals surface area contributed by atoms with Gasteiger partial charge in [0.15, 0.2) is 0 Å². The maximum atomic E-state index is 10.3. The molecule has 1 fully saturated rings. The Bertz CT molecular complexity index is 423. The molecule has 0 heterocycles. The molecule has 1 atom stereocenters. The molecule has 1 aliphatic rings. The van der Waals surface area contributed by atoms with E-state index in [1.807, 2.05) is 18.2 Å². The van der Waals surface area contributed by atoms with Crippen molar-refractivity contribution in [3.8, 4) is 5.75 Å². The van der Waals surface area contributed by atoms with Gasteiger partial charge in [-0.25, -0.2) is 0 Å². The summed E-state index contributed by atoms with van der Waals surface area (Å²) in [6, 6.07) is 8.95. The van der Waals surface area contributed by atoms with E-state index in [0.717, 1.165) is 24.4 Å². The Labute approximate surface area is 130 Å². The molecule has 2 nitrogen and oxygen atoms in total. The Kier molecular flexibility index (Phi) is 6.10. The van der Waals surface area contributed by atoms with Gasteiger partial charge in [0.2, 0.25) is 0 Å². The lowest BCUT2D eigenvalue weighted by Crippen LogP contribution is -2.38. The zero-order chi connectivity index (χ0) is 15.2. The van der Waals surface area contributed by atoms with Crippen LogP contribution in [0.4, 0.5) is 0 Å². The molecule has 0 radical (unpaired) electrons. The normalized spacial score (nSPS) is 17.8. The lowest BCUT2D eigenvalue weighted by Gasteiger charge is -2.37. The molecular formula is C19H31NO. The number of hydrogen-bond acceptors (Lipinski definition) is 2. The Balaban J connectivity index is 2.21. The molecule has 1 saturated carbocycles. The Hall–Kier alpha value is -1.02. The first-order valence-electron chi connectivity index (χ1n) is 8.67. The minimum absolute atomic E-state index is 0.355. The van der Waals surface area contributed by atoms with Gasteiger partial charge in [-0.15, -0.1) is 0 Å². The van der Waals surface area contributed by atoms with Gasteiger partial charge in [0.25, 0.3) is 0 Å². The van der Waals surface area contributed by atoms with Crippen LogP contribution < -0.4 is 0 Å². The second-order valence-electron chi connectivity index (χ2n) is 6.84. The third kappa shape index (κ3) is 4.23. The molecule has 1 aromatic carbocycles. The fourth-order valence-electron chi connectivity index (χ4n) is 3.64. The summed E-state index contributed by atoms with van der Waals surface area (Å²) in [5, 5.41) is 10.3. The van der Waals surface area contributed by atoms with Crippen molar-refractivity contribution in [1.82, 2.24) is 4.90 Å². The van der Waals surface area contributed by atoms with Crippen molar-refractivity contribution < 1.29 is 5.11 Å². The summed E-state index contributed by atoms with van der Waals surface area (Å²) in [4.78, 5) is 2.68. The highest BCUT2D eigenvalue weighted by molar-refractivity contribution is 5.34. The summed E-state index contributed by atoms with van der Waals surface area (Å²) in [6.07, 6.45) is 7.66. The number of hydrogen-bond donors (Lipinski definition) is 1. The Morgan fingerprint density at radius 3 is 2.43 bits per heavy atom. The largest absolute Gasteiger partial charge is 0.508 e. The highest BCUT2D eigenvalue weighted by atomic mass is 16.3. The standard InChI is InChI=1S/C19H31NO/c1-4-18(17-11-7-8-12-19(17)21)20(14-13-15(2)3)16-9-5-6-10-16/h7-8,11-12,15-16,18,21H,4-6,9-10,13-14H2,1-3H3. The van der Waals surface area contributed by atoms with Crippen molar-refractivity contribution in [1.29, 1.82) is 0 Å². The summed E-state index contributed by atoms with van der Waals surface area (Å²) in [7, 11) is 0. The smallest absolute Gasteiger partial charge is 0.120 e. The van der Waals surface area contributed by atoms with Gasteiger partial charge in [-0.05, 0) is 44.2 Å². The molecule has 2 heteroatoms. The van der Waals surface area contributed by atoms with Crippen molar-refractivity contribution >= 4 is 0 Å². The molecule has 0 saturated heterocycles. The third-order valence-electron chi connectivity index (χ3n) is 4.84. The van der Waals surface area contributed by atoms with Crippen molar-refractivity contribution in [3.63, 3.8) is 0 Å². The first-order chi connectivity index (χ1) is 10.1. The van der Waals surface area contributed by atoms with Crippen LogP contribution in [-0.2, 0) is 0 Å². The van der Waals surface area contributed by atoms with E-state index < -0.39 is 0 Å². The van der Waals surface area contributed by atoms with E-state index in [4.69, 9.17) is 0 Å². The zero-order valence-corrected chi connectivity index (χ0v) is 13.9. The zero-order valence-electron chi connectivity index (χ0n) is 13.9. The molecule has 0 spiro atoms. The van der Waals surface area contributed by atoms with Crippen LogP contribution in [0.3, 0.4) is 0 Å². The van der Waals surface area contributed by atoms with Gasteiger partial charge in [-0.1, -0.05) is 51.8 Å². The van der Waals surface area contributed by atoms with Crippen LogP contribution in [-0.4, -0.2) is 22.6 Å². The van der Waals surface area contributed by atoms with Crippen LogP contribution in [0.1, 0.15) is 70.9 Å². The van der Waals surface area contributed by atoms with Crippen LogP contribution in [0, 0.1) is 5.92 Å². The summed E-state index contributed by atoms with van der Waals surface area (Å²) in [5.74, 6) is 1.19. The van der Waals surface area contributed by atoms with Gasteiger partial charge in [-0.2, -0.15) is 0 Å². The van der Waals surface area contributed by atoms with Gasteiger partial charge in [0, 0.05) is 17.6 Å². The fourth-order valence-corrected chi connectivity index (χ4v) is 3.64. The fraction of sp³-hybridized carbons (Fsp3) is 0.684. The van der Waals surface area contributed by atoms with Gasteiger partial charge >= 0.3 is 0 Å². The number of phenols is 1. The monoisotopic (exact) mass is 289 g/mol. The van der Waals surface area contributed by atoms with E-state index in [1.54, 1.807) is 0 Å². The molecule has 0 aliphatic heterocycles. The van der Waals surface area contributed by atoms with Crippen molar-refractivity contribution in [3.05, 3.63) is 29.8 Å². The molecule has 1 aliphatic carbocycles. The van der Waals surface area contributed by atoms with Crippen LogP contribution in [0.25, 0.3) is 0 Å². The molecule has 118 valence electrons. The molecule has 1 N–H and O–H groups in total. The number of phenolic OH excluding ortho intramolecular Hbond substituents is 1. The average molecular weight is 289 g/mol. The SMILES string of the molecule is CCC(c1ccccc1O)N(CCC(C)C)C1CCCC1. The molecule has 21 heavy (non-hydrogen) atoms. The second-order valence-corrected chi connectivity index (χ2v) is 6.84. The average Bonchev–Trinajstić information content (AvgIpc) is 2.98. The van der Waals surface area contributed by atoms with Gasteiger partial charge in [0.05, 0.1) is 0 Å². The highest BCUT2D eigenvalue weighted by Gasteiger charge is 2.29. The predicted octanol–water partition coefficient (Wildman–Crippen LogP) is 5.13. The van der Waals surface area contributed by atoms with E-state index in [0.29, 0.717) is 17.8 Å². The van der Waals surface area contributed by atoms with E-state index >= 15 is 0 Å². The molecule has 1 aromatic rings. The lowest BCUT2D eigenvalue weighted by atomic mass is 9.98. The first-order valence-corrected chi connectivity index (χ1v) is 8.67. The number of rotatable bonds is 7. The first kappa shape index (κ1) is 16.4. The molecule has 0 aromatic heterocycles. The van der Waals surface area contributed by atoms with E-state index in [1.165, 1.54) is 32.1 Å². The lowest BCUT2D eigenvalue weighted by molar-refractivity contribution is 0.122. The van der Waals surface area contributed by atoms with Gasteiger partial charge in [0.1, 0.15) is 5.75 Å². The van der Waals surface area contributed by atoms with Crippen LogP contribution in [0.15, 0.2) is 24.3 Å². The second kappa shape index (κ2) is 7.84. The topological polar surface area (TPSA) is 23.5 Å². The van der Waals surface area contributed by atoms with Crippen molar-refractivity contribution in [2.75, 3.05) is 6.54 Å². The summed E-state index contributed by atoms with van der Waals surface area (Å²) in [6.45, 7) is 7.99.